The summed E-state index contributed by atoms with van der Waals surface area (Å²) >= 11 is 5.15. The molecule has 0 aliphatic rings. The SMILES string of the molecule is Cc1cc2nc(-c3ccsc3)c(CNCCc3ccc(Br)cc3)cc2cc1O. The molecule has 2 aromatic heterocycles. The van der Waals surface area contributed by atoms with Gasteiger partial charge in [-0.3, -0.25) is 0 Å². The van der Waals surface area contributed by atoms with Crippen molar-refractivity contribution in [3.8, 4) is 17.0 Å². The number of hydrogen-bond acceptors (Lipinski definition) is 4. The number of benzene rings is 2. The lowest BCUT2D eigenvalue weighted by Gasteiger charge is -2.12. The first kappa shape index (κ1) is 19.1. The minimum absolute atomic E-state index is 0.312. The van der Waals surface area contributed by atoms with Gasteiger partial charge in [-0.25, -0.2) is 4.98 Å². The van der Waals surface area contributed by atoms with Crippen LogP contribution in [0.3, 0.4) is 0 Å². The maximum absolute atomic E-state index is 10.1. The zero-order chi connectivity index (χ0) is 19.5. The second kappa shape index (κ2) is 8.43. The summed E-state index contributed by atoms with van der Waals surface area (Å²) in [7, 11) is 0. The Morgan fingerprint density at radius 2 is 1.93 bits per heavy atom. The third-order valence-electron chi connectivity index (χ3n) is 4.83. The number of phenols is 1. The highest BCUT2D eigenvalue weighted by Gasteiger charge is 2.11. The van der Waals surface area contributed by atoms with Gasteiger partial charge in [0.15, 0.2) is 0 Å². The minimum atomic E-state index is 0.312. The molecule has 28 heavy (non-hydrogen) atoms. The van der Waals surface area contributed by atoms with Gasteiger partial charge < -0.3 is 10.4 Å². The van der Waals surface area contributed by atoms with E-state index in [4.69, 9.17) is 4.98 Å². The number of nitrogens with zero attached hydrogens (tertiary/aromatic N) is 1. The van der Waals surface area contributed by atoms with E-state index >= 15 is 0 Å². The predicted molar refractivity (Wildman–Crippen MR) is 121 cm³/mol. The highest BCUT2D eigenvalue weighted by Crippen LogP contribution is 2.30. The van der Waals surface area contributed by atoms with Crippen LogP contribution in [0.4, 0.5) is 0 Å². The van der Waals surface area contributed by atoms with Crippen molar-refractivity contribution in [2.24, 2.45) is 0 Å². The van der Waals surface area contributed by atoms with Gasteiger partial charge in [0.05, 0.1) is 11.2 Å². The van der Waals surface area contributed by atoms with Crippen LogP contribution in [0.25, 0.3) is 22.2 Å². The topological polar surface area (TPSA) is 45.2 Å². The maximum atomic E-state index is 10.1. The molecule has 0 bridgehead atoms. The van der Waals surface area contributed by atoms with E-state index in [9.17, 15) is 5.11 Å². The Bertz CT molecular complexity index is 1090. The number of hydrogen-bond donors (Lipinski definition) is 2. The summed E-state index contributed by atoms with van der Waals surface area (Å²) in [5.41, 5.74) is 6.36. The molecule has 2 aromatic carbocycles. The summed E-state index contributed by atoms with van der Waals surface area (Å²) in [6, 6.07) is 16.4. The zero-order valence-corrected chi connectivity index (χ0v) is 18.0. The molecule has 0 saturated heterocycles. The van der Waals surface area contributed by atoms with Gasteiger partial charge >= 0.3 is 0 Å². The van der Waals surface area contributed by atoms with Crippen LogP contribution >= 0.6 is 27.3 Å². The van der Waals surface area contributed by atoms with Crippen LogP contribution in [0.2, 0.25) is 0 Å². The number of aromatic hydroxyl groups is 1. The Balaban J connectivity index is 1.56. The van der Waals surface area contributed by atoms with E-state index in [1.807, 2.05) is 13.0 Å². The summed E-state index contributed by atoms with van der Waals surface area (Å²) in [5, 5.41) is 18.8. The molecule has 0 fully saturated rings. The number of fused-ring (bicyclic) bond motifs is 1. The third-order valence-corrected chi connectivity index (χ3v) is 6.04. The number of pyridine rings is 1. The quantitative estimate of drug-likeness (QED) is 0.348. The first-order chi connectivity index (χ1) is 13.6. The smallest absolute Gasteiger partial charge is 0.119 e. The molecular formula is C23H21BrN2OS. The minimum Gasteiger partial charge on any atom is -0.508 e. The van der Waals surface area contributed by atoms with Crippen molar-refractivity contribution >= 4 is 38.2 Å². The number of halogens is 1. The van der Waals surface area contributed by atoms with E-state index in [0.29, 0.717) is 5.75 Å². The predicted octanol–water partition coefficient (Wildman–Crippen LogP) is 6.07. The maximum Gasteiger partial charge on any atom is 0.119 e. The molecule has 2 N–H and O–H groups in total. The van der Waals surface area contributed by atoms with Crippen LogP contribution < -0.4 is 5.32 Å². The molecule has 0 atom stereocenters. The molecule has 2 heterocycles. The van der Waals surface area contributed by atoms with Crippen LogP contribution in [-0.2, 0) is 13.0 Å². The van der Waals surface area contributed by atoms with Crippen LogP contribution in [0.1, 0.15) is 16.7 Å². The van der Waals surface area contributed by atoms with E-state index in [0.717, 1.165) is 57.3 Å². The average molecular weight is 453 g/mol. The average Bonchev–Trinajstić information content (AvgIpc) is 3.22. The first-order valence-corrected chi connectivity index (χ1v) is 10.9. The number of thiophene rings is 1. The first-order valence-electron chi connectivity index (χ1n) is 9.21. The molecule has 4 aromatic rings. The van der Waals surface area contributed by atoms with Crippen LogP contribution in [-0.4, -0.2) is 16.6 Å². The monoisotopic (exact) mass is 452 g/mol. The summed E-state index contributed by atoms with van der Waals surface area (Å²) in [6.45, 7) is 3.53. The molecule has 0 aliphatic heterocycles. The van der Waals surface area contributed by atoms with Crippen molar-refractivity contribution in [3.05, 3.63) is 80.5 Å². The summed E-state index contributed by atoms with van der Waals surface area (Å²) in [4.78, 5) is 4.92. The highest BCUT2D eigenvalue weighted by atomic mass is 79.9. The molecule has 0 unspecified atom stereocenters. The molecule has 0 radical (unpaired) electrons. The van der Waals surface area contributed by atoms with Gasteiger partial charge in [-0.2, -0.15) is 11.3 Å². The number of phenolic OH excluding ortho intramolecular Hbond substituents is 1. The van der Waals surface area contributed by atoms with Crippen molar-refractivity contribution in [1.82, 2.24) is 10.3 Å². The molecule has 3 nitrogen and oxygen atoms in total. The Kier molecular flexibility index (Phi) is 5.76. The van der Waals surface area contributed by atoms with Crippen molar-refractivity contribution in [1.29, 1.82) is 0 Å². The molecule has 4 rings (SSSR count). The number of aromatic nitrogens is 1. The van der Waals surface area contributed by atoms with E-state index in [2.05, 4.69) is 68.4 Å². The zero-order valence-electron chi connectivity index (χ0n) is 15.6. The Morgan fingerprint density at radius 1 is 1.11 bits per heavy atom. The Labute approximate surface area is 177 Å². The van der Waals surface area contributed by atoms with E-state index < -0.39 is 0 Å². The summed E-state index contributed by atoms with van der Waals surface area (Å²) < 4.78 is 1.10. The van der Waals surface area contributed by atoms with Crippen molar-refractivity contribution in [2.75, 3.05) is 6.54 Å². The van der Waals surface area contributed by atoms with Gasteiger partial charge in [-0.05, 0) is 78.4 Å². The third kappa shape index (κ3) is 4.27. The highest BCUT2D eigenvalue weighted by molar-refractivity contribution is 9.10. The normalized spacial score (nSPS) is 11.2. The molecule has 142 valence electrons. The van der Waals surface area contributed by atoms with E-state index in [1.165, 1.54) is 5.56 Å². The van der Waals surface area contributed by atoms with Crippen molar-refractivity contribution in [2.45, 2.75) is 19.9 Å². The van der Waals surface area contributed by atoms with Crippen LogP contribution in [0, 0.1) is 6.92 Å². The van der Waals surface area contributed by atoms with Crippen molar-refractivity contribution < 1.29 is 5.11 Å². The number of nitrogens with one attached hydrogen (secondary N) is 1. The molecule has 0 saturated carbocycles. The van der Waals surface area contributed by atoms with Gasteiger partial charge in [0.25, 0.3) is 0 Å². The van der Waals surface area contributed by atoms with Gasteiger partial charge in [0, 0.05) is 27.3 Å². The summed E-state index contributed by atoms with van der Waals surface area (Å²) in [6.07, 6.45) is 0.974. The summed E-state index contributed by atoms with van der Waals surface area (Å²) in [5.74, 6) is 0.312. The lowest BCUT2D eigenvalue weighted by atomic mass is 10.0. The fourth-order valence-electron chi connectivity index (χ4n) is 3.25. The Hall–Kier alpha value is -2.21. The Morgan fingerprint density at radius 3 is 2.68 bits per heavy atom. The van der Waals surface area contributed by atoms with Gasteiger partial charge in [-0.15, -0.1) is 0 Å². The van der Waals surface area contributed by atoms with Gasteiger partial charge in [0.1, 0.15) is 5.75 Å². The standard InChI is InChI=1S/C23H21BrN2OS/c1-15-10-21-18(12-22(15)27)11-19(23(26-21)17-7-9-28-14-17)13-25-8-6-16-2-4-20(24)5-3-16/h2-5,7,9-12,14,25,27H,6,8,13H2,1H3. The lowest BCUT2D eigenvalue weighted by molar-refractivity contribution is 0.472. The van der Waals surface area contributed by atoms with E-state index in [-0.39, 0.29) is 0 Å². The van der Waals surface area contributed by atoms with E-state index in [1.54, 1.807) is 17.4 Å². The largest absolute Gasteiger partial charge is 0.508 e. The number of rotatable bonds is 6. The molecular weight excluding hydrogens is 432 g/mol. The molecule has 5 heteroatoms. The van der Waals surface area contributed by atoms with Crippen molar-refractivity contribution in [3.63, 3.8) is 0 Å². The molecule has 0 amide bonds. The number of aryl methyl sites for hydroxylation is 1. The second-order valence-corrected chi connectivity index (χ2v) is 8.59. The second-order valence-electron chi connectivity index (χ2n) is 6.89. The molecule has 0 spiro atoms. The fourth-order valence-corrected chi connectivity index (χ4v) is 4.15. The fraction of sp³-hybridized carbons (Fsp3) is 0.174. The van der Waals surface area contributed by atoms with Gasteiger partial charge in [-0.1, -0.05) is 28.1 Å². The lowest BCUT2D eigenvalue weighted by Crippen LogP contribution is -2.17. The van der Waals surface area contributed by atoms with Gasteiger partial charge in [0.2, 0.25) is 0 Å². The van der Waals surface area contributed by atoms with Crippen LogP contribution in [0.5, 0.6) is 5.75 Å². The molecule has 0 aliphatic carbocycles. The van der Waals surface area contributed by atoms with Crippen LogP contribution in [0.15, 0.2) is 63.8 Å².